The van der Waals surface area contributed by atoms with Crippen LogP contribution in [0.3, 0.4) is 0 Å². The Labute approximate surface area is 457 Å². The number of phenols is 1. The first-order valence-corrected chi connectivity index (χ1v) is 27.8. The number of phenolic OH excluding ortho intramolecular Hbond substituents is 1. The average molecular weight is 1120 g/mol. The number of amides is 7. The van der Waals surface area contributed by atoms with E-state index in [-0.39, 0.29) is 24.2 Å². The minimum absolute atomic E-state index is 0.0898. The predicted molar refractivity (Wildman–Crippen MR) is 280 cm³/mol. The lowest BCUT2D eigenvalue weighted by Crippen LogP contribution is -2.64. The zero-order chi connectivity index (χ0) is 58.0. The number of nitrogens with one attached hydrogen (secondary N) is 5. The Morgan fingerprint density at radius 3 is 2.01 bits per heavy atom. The predicted octanol–water partition coefficient (Wildman–Crippen LogP) is -1.48. The number of benzene rings is 1. The summed E-state index contributed by atoms with van der Waals surface area (Å²) in [7, 11) is 0. The molecule has 436 valence electrons. The molecule has 3 aliphatic heterocycles. The Bertz CT molecular complexity index is 2240. The van der Waals surface area contributed by atoms with Gasteiger partial charge < -0.3 is 82.3 Å². The summed E-state index contributed by atoms with van der Waals surface area (Å²) in [6, 6.07) is -5.58. The van der Waals surface area contributed by atoms with Crippen molar-refractivity contribution in [1.29, 1.82) is 5.26 Å². The Kier molecular flexibility index (Phi) is 26.0. The normalized spacial score (nSPS) is 28.2. The van der Waals surface area contributed by atoms with Crippen LogP contribution in [0.1, 0.15) is 129 Å². The molecule has 1 aromatic rings. The van der Waals surface area contributed by atoms with Gasteiger partial charge in [0.25, 0.3) is 0 Å². The van der Waals surface area contributed by atoms with Crippen LogP contribution in [0, 0.1) is 23.2 Å². The molecule has 0 saturated carbocycles. The molecule has 0 radical (unpaired) electrons. The average Bonchev–Trinajstić information content (AvgIpc) is 4.01. The van der Waals surface area contributed by atoms with Crippen LogP contribution in [0.25, 0.3) is 0 Å². The fourth-order valence-corrected chi connectivity index (χ4v) is 10.8. The SMILES string of the molecule is CCC(C)CC(C)CCCCCCCCC(=O)N[C@H]1C[C@@H](O)[C@@H](SCC(=O)O)NC(=O)[C@@H]2[C@@H](O)CCN2C(=O)[C@H]([C@H](O)CC#N)NC(=O)[C@H]([C@H](O)[C@@H](O)c2ccc(O)cc2)NC(=O)[C@@H]2C[C@@H](O)CN2C(=O)[C@H]([C@@H](C)O)NC1=O. The van der Waals surface area contributed by atoms with Crippen LogP contribution in [0.5, 0.6) is 5.75 Å². The molecule has 0 bridgehead atoms. The van der Waals surface area contributed by atoms with Gasteiger partial charge in [0, 0.05) is 32.4 Å². The van der Waals surface area contributed by atoms with Gasteiger partial charge in [-0.15, -0.1) is 11.8 Å². The smallest absolute Gasteiger partial charge is 0.313 e. The number of carbonyl (C=O) groups excluding carboxylic acids is 7. The first-order valence-electron chi connectivity index (χ1n) is 26.8. The number of carbonyl (C=O) groups is 8. The summed E-state index contributed by atoms with van der Waals surface area (Å²) in [5, 5.41) is 118. The summed E-state index contributed by atoms with van der Waals surface area (Å²) in [6.07, 6.45) is -7.43. The zero-order valence-electron chi connectivity index (χ0n) is 44.6. The van der Waals surface area contributed by atoms with Gasteiger partial charge in [-0.1, -0.05) is 77.8 Å². The van der Waals surface area contributed by atoms with Crippen molar-refractivity contribution in [3.05, 3.63) is 29.8 Å². The van der Waals surface area contributed by atoms with Crippen molar-refractivity contribution in [3.63, 3.8) is 0 Å². The number of nitrogens with zero attached hydrogens (tertiary/aromatic N) is 3. The van der Waals surface area contributed by atoms with E-state index in [9.17, 15) is 89.6 Å². The number of aromatic hydroxyl groups is 1. The fraction of sp³-hybridized carbons (Fsp3) is 0.712. The summed E-state index contributed by atoms with van der Waals surface area (Å²) in [5.74, 6) is -9.40. The first-order chi connectivity index (χ1) is 36.9. The maximum absolute atomic E-state index is 14.5. The van der Waals surface area contributed by atoms with E-state index in [4.69, 9.17) is 0 Å². The van der Waals surface area contributed by atoms with Crippen LogP contribution in [0.2, 0.25) is 0 Å². The highest BCUT2D eigenvalue weighted by molar-refractivity contribution is 8.00. The third-order valence-corrected chi connectivity index (χ3v) is 15.8. The molecule has 16 atom stereocenters. The van der Waals surface area contributed by atoms with E-state index in [1.54, 1.807) is 6.07 Å². The summed E-state index contributed by atoms with van der Waals surface area (Å²) in [4.78, 5) is 113. The standard InChI is InChI=1S/C52H80N8O17S/c1-5-27(2)22-28(3)12-10-8-6-7-9-11-13-38(67)54-33-24-37(66)50(78-26-39(68)69)58-49(75)43-36(65)19-21-59(43)52(77)41(35(64)18-20-53)56-48(74)42(45(71)44(70)30-14-16-31(62)17-15-30)57-47(73)34-23-32(63)25-60(34)51(76)40(29(4)61)55-46(33)72/h14-17,27-29,32-37,40-45,50,61-66,70-71H,5-13,18-19,21-26H2,1-4H3,(H,54,67)(H,55,72)(H,56,74)(H,57,73)(H,58,75)(H,68,69)/t27?,28?,29-,32-,33+,34+,35-,36+,37-,40+,41+,42+,43+,44+,45+,50-/m1/s1. The molecule has 3 fully saturated rings. The molecule has 78 heavy (non-hydrogen) atoms. The maximum Gasteiger partial charge on any atom is 0.313 e. The Morgan fingerprint density at radius 2 is 1.38 bits per heavy atom. The third-order valence-electron chi connectivity index (χ3n) is 14.6. The van der Waals surface area contributed by atoms with Crippen molar-refractivity contribution in [2.24, 2.45) is 11.8 Å². The lowest BCUT2D eigenvalue weighted by Gasteiger charge is -2.34. The van der Waals surface area contributed by atoms with Gasteiger partial charge in [-0.3, -0.25) is 38.4 Å². The second-order valence-corrected chi connectivity index (χ2v) is 22.1. The van der Waals surface area contributed by atoms with E-state index in [0.29, 0.717) is 36.4 Å². The minimum atomic E-state index is -2.35. The van der Waals surface area contributed by atoms with E-state index < -0.39 is 170 Å². The number of nitriles is 1. The highest BCUT2D eigenvalue weighted by atomic mass is 32.2. The van der Waals surface area contributed by atoms with Crippen LogP contribution >= 0.6 is 11.8 Å². The van der Waals surface area contributed by atoms with Crippen LogP contribution in [-0.2, 0) is 38.4 Å². The number of carboxylic acids is 1. The molecule has 14 N–H and O–H groups in total. The number of hydrogen-bond acceptors (Lipinski definition) is 18. The lowest BCUT2D eigenvalue weighted by molar-refractivity contribution is -0.148. The molecule has 3 aliphatic rings. The minimum Gasteiger partial charge on any atom is -0.508 e. The van der Waals surface area contributed by atoms with Gasteiger partial charge >= 0.3 is 5.97 Å². The number of fused-ring (bicyclic) bond motifs is 2. The Morgan fingerprint density at radius 1 is 0.769 bits per heavy atom. The second kappa shape index (κ2) is 31.2. The van der Waals surface area contributed by atoms with Gasteiger partial charge in [-0.05, 0) is 55.7 Å². The zero-order valence-corrected chi connectivity index (χ0v) is 45.4. The number of rotatable bonds is 22. The molecule has 4 rings (SSSR count). The topological polar surface area (TPSA) is 409 Å². The third kappa shape index (κ3) is 18.7. The van der Waals surface area contributed by atoms with E-state index in [2.05, 4.69) is 47.4 Å². The van der Waals surface area contributed by atoms with Gasteiger partial charge in [-0.25, -0.2) is 0 Å². The summed E-state index contributed by atoms with van der Waals surface area (Å²) < 4.78 is 0. The highest BCUT2D eigenvalue weighted by Crippen LogP contribution is 2.28. The van der Waals surface area contributed by atoms with Crippen LogP contribution in [0.15, 0.2) is 24.3 Å². The van der Waals surface area contributed by atoms with Crippen LogP contribution in [-0.4, -0.2) is 200 Å². The molecule has 3 heterocycles. The highest BCUT2D eigenvalue weighted by Gasteiger charge is 2.49. The molecular weight excluding hydrogens is 1040 g/mol. The summed E-state index contributed by atoms with van der Waals surface area (Å²) >= 11 is 0.455. The molecule has 7 amide bonds. The summed E-state index contributed by atoms with van der Waals surface area (Å²) in [5.41, 5.74) is -0.108. The largest absolute Gasteiger partial charge is 0.508 e. The first kappa shape index (κ1) is 64.9. The Balaban J connectivity index is 1.75. The van der Waals surface area contributed by atoms with E-state index in [1.807, 2.05) is 0 Å². The molecule has 3 saturated heterocycles. The second-order valence-electron chi connectivity index (χ2n) is 21.0. The molecule has 0 spiro atoms. The monoisotopic (exact) mass is 1120 g/mol. The lowest BCUT2D eigenvalue weighted by atomic mass is 9.91. The van der Waals surface area contributed by atoms with Crippen molar-refractivity contribution in [1.82, 2.24) is 36.4 Å². The van der Waals surface area contributed by atoms with Crippen molar-refractivity contribution < 1.29 is 84.3 Å². The molecule has 25 nitrogen and oxygen atoms in total. The number of thioether (sulfide) groups is 1. The number of carboxylic acid groups (broad SMARTS) is 1. The Hall–Kier alpha value is -5.66. The molecule has 2 unspecified atom stereocenters. The number of aliphatic hydroxyl groups is 7. The number of aliphatic carboxylic acids is 1. The van der Waals surface area contributed by atoms with Gasteiger partial charge in [0.15, 0.2) is 0 Å². The van der Waals surface area contributed by atoms with Gasteiger partial charge in [0.2, 0.25) is 41.4 Å². The van der Waals surface area contributed by atoms with E-state index in [1.165, 1.54) is 18.6 Å². The number of unbranched alkanes of at least 4 members (excludes halogenated alkanes) is 5. The molecule has 1 aromatic carbocycles. The van der Waals surface area contributed by atoms with Crippen LogP contribution < -0.4 is 26.6 Å². The fourth-order valence-electron chi connectivity index (χ4n) is 9.98. The van der Waals surface area contributed by atoms with Crippen molar-refractivity contribution in [2.45, 2.75) is 202 Å². The van der Waals surface area contributed by atoms with E-state index >= 15 is 0 Å². The quantitative estimate of drug-likeness (QED) is 0.0589. The van der Waals surface area contributed by atoms with Crippen LogP contribution in [0.4, 0.5) is 0 Å². The van der Waals surface area contributed by atoms with Gasteiger partial charge in [0.1, 0.15) is 59.6 Å². The molecule has 0 aromatic heterocycles. The van der Waals surface area contributed by atoms with Crippen molar-refractivity contribution >= 4 is 59.1 Å². The van der Waals surface area contributed by atoms with E-state index in [0.717, 1.165) is 67.4 Å². The maximum atomic E-state index is 14.5. The van der Waals surface area contributed by atoms with Gasteiger partial charge in [-0.2, -0.15) is 5.26 Å². The van der Waals surface area contributed by atoms with Crippen molar-refractivity contribution in [3.8, 4) is 11.8 Å². The molecule has 26 heteroatoms. The molecular formula is C52H80N8O17S. The molecule has 0 aliphatic carbocycles. The van der Waals surface area contributed by atoms with Gasteiger partial charge in [0.05, 0.1) is 48.8 Å². The number of hydrogen-bond donors (Lipinski definition) is 14. The summed E-state index contributed by atoms with van der Waals surface area (Å²) in [6.45, 7) is 6.77. The van der Waals surface area contributed by atoms with Crippen molar-refractivity contribution in [2.75, 3.05) is 18.8 Å². The number of aliphatic hydroxyl groups excluding tert-OH is 7.